The molecule has 90 valence electrons. The van der Waals surface area contributed by atoms with E-state index in [-0.39, 0.29) is 5.69 Å². The van der Waals surface area contributed by atoms with Crippen LogP contribution in [0.4, 0.5) is 13.2 Å². The van der Waals surface area contributed by atoms with Crippen LogP contribution in [-0.2, 0) is 6.18 Å². The molecule has 0 atom stereocenters. The first-order valence-electron chi connectivity index (χ1n) is 4.69. The molecule has 1 aromatic heterocycles. The average Bonchev–Trinajstić information content (AvgIpc) is 2.78. The van der Waals surface area contributed by atoms with Crippen molar-refractivity contribution >= 4 is 0 Å². The predicted molar refractivity (Wildman–Crippen MR) is 53.5 cm³/mol. The van der Waals surface area contributed by atoms with Gasteiger partial charge in [0.15, 0.2) is 0 Å². The Kier molecular flexibility index (Phi) is 2.79. The Morgan fingerprint density at radius 3 is 2.29 bits per heavy atom. The van der Waals surface area contributed by atoms with E-state index in [1.54, 1.807) is 24.3 Å². The van der Waals surface area contributed by atoms with Crippen molar-refractivity contribution < 1.29 is 22.4 Å². The van der Waals surface area contributed by atoms with Crippen molar-refractivity contribution in [3.05, 3.63) is 36.1 Å². The average molecular weight is 243 g/mol. The van der Waals surface area contributed by atoms with Gasteiger partial charge < -0.3 is 9.26 Å². The first-order valence-corrected chi connectivity index (χ1v) is 4.69. The summed E-state index contributed by atoms with van der Waals surface area (Å²) in [6.07, 6.45) is -4.52. The molecule has 0 fully saturated rings. The standard InChI is InChI=1S/C11H8F3NO2/c1-16-8-4-2-7(3-5-8)9-6-10(17-15-9)11(12,13)14/h2-6H,1H3. The van der Waals surface area contributed by atoms with Gasteiger partial charge in [-0.25, -0.2) is 0 Å². The van der Waals surface area contributed by atoms with Gasteiger partial charge in [-0.15, -0.1) is 0 Å². The van der Waals surface area contributed by atoms with E-state index in [9.17, 15) is 13.2 Å². The van der Waals surface area contributed by atoms with Crippen molar-refractivity contribution in [2.45, 2.75) is 6.18 Å². The van der Waals surface area contributed by atoms with E-state index in [4.69, 9.17) is 4.74 Å². The smallest absolute Gasteiger partial charge is 0.452 e. The highest BCUT2D eigenvalue weighted by Crippen LogP contribution is 2.32. The number of benzene rings is 1. The SMILES string of the molecule is COc1ccc(-c2cc(C(F)(F)F)on2)cc1. The van der Waals surface area contributed by atoms with Crippen molar-refractivity contribution in [1.82, 2.24) is 5.16 Å². The largest absolute Gasteiger partial charge is 0.497 e. The lowest BCUT2D eigenvalue weighted by molar-refractivity contribution is -0.155. The van der Waals surface area contributed by atoms with E-state index < -0.39 is 11.9 Å². The molecule has 0 unspecified atom stereocenters. The molecule has 0 saturated carbocycles. The Bertz CT molecular complexity index is 502. The number of ether oxygens (including phenoxy) is 1. The molecule has 2 aromatic rings. The lowest BCUT2D eigenvalue weighted by atomic mass is 10.1. The minimum absolute atomic E-state index is 0.139. The topological polar surface area (TPSA) is 35.3 Å². The minimum atomic E-state index is -4.52. The van der Waals surface area contributed by atoms with Gasteiger partial charge >= 0.3 is 6.18 Å². The normalized spacial score (nSPS) is 11.5. The summed E-state index contributed by atoms with van der Waals surface area (Å²) in [5, 5.41) is 3.37. The fraction of sp³-hybridized carbons (Fsp3) is 0.182. The third-order valence-corrected chi connectivity index (χ3v) is 2.18. The number of nitrogens with zero attached hydrogens (tertiary/aromatic N) is 1. The summed E-state index contributed by atoms with van der Waals surface area (Å²) in [5.41, 5.74) is 0.671. The first-order chi connectivity index (χ1) is 8.00. The van der Waals surface area contributed by atoms with Gasteiger partial charge in [-0.3, -0.25) is 0 Å². The molecule has 17 heavy (non-hydrogen) atoms. The van der Waals surface area contributed by atoms with Gasteiger partial charge in [0.05, 0.1) is 7.11 Å². The quantitative estimate of drug-likeness (QED) is 0.811. The highest BCUT2D eigenvalue weighted by atomic mass is 19.4. The Hall–Kier alpha value is -1.98. The van der Waals surface area contributed by atoms with E-state index in [2.05, 4.69) is 9.68 Å². The van der Waals surface area contributed by atoms with E-state index in [0.29, 0.717) is 11.3 Å². The zero-order valence-electron chi connectivity index (χ0n) is 8.78. The molecule has 2 rings (SSSR count). The van der Waals surface area contributed by atoms with Gasteiger partial charge in [0.2, 0.25) is 5.76 Å². The lowest BCUT2D eigenvalue weighted by Gasteiger charge is -1.99. The van der Waals surface area contributed by atoms with Crippen LogP contribution < -0.4 is 4.74 Å². The Morgan fingerprint density at radius 1 is 1.18 bits per heavy atom. The molecular formula is C11H8F3NO2. The Labute approximate surface area is 94.8 Å². The van der Waals surface area contributed by atoms with Crippen LogP contribution in [0.1, 0.15) is 5.76 Å². The Balaban J connectivity index is 2.30. The molecule has 1 heterocycles. The van der Waals surface area contributed by atoms with Crippen molar-refractivity contribution in [2.75, 3.05) is 7.11 Å². The third-order valence-electron chi connectivity index (χ3n) is 2.18. The van der Waals surface area contributed by atoms with Crippen molar-refractivity contribution in [3.8, 4) is 17.0 Å². The number of hydrogen-bond acceptors (Lipinski definition) is 3. The molecular weight excluding hydrogens is 235 g/mol. The summed E-state index contributed by atoms with van der Waals surface area (Å²) in [6.45, 7) is 0. The summed E-state index contributed by atoms with van der Waals surface area (Å²) in [4.78, 5) is 0. The van der Waals surface area contributed by atoms with Crippen LogP contribution in [0.15, 0.2) is 34.9 Å². The van der Waals surface area contributed by atoms with Gasteiger partial charge in [-0.2, -0.15) is 13.2 Å². The van der Waals surface area contributed by atoms with Crippen LogP contribution in [0.3, 0.4) is 0 Å². The number of alkyl halides is 3. The summed E-state index contributed by atoms with van der Waals surface area (Å²) >= 11 is 0. The maximum Gasteiger partial charge on any atom is 0.452 e. The second-order valence-electron chi connectivity index (χ2n) is 3.30. The summed E-state index contributed by atoms with van der Waals surface area (Å²) in [7, 11) is 1.51. The summed E-state index contributed by atoms with van der Waals surface area (Å²) < 4.78 is 46.0. The predicted octanol–water partition coefficient (Wildman–Crippen LogP) is 3.37. The minimum Gasteiger partial charge on any atom is -0.497 e. The van der Waals surface area contributed by atoms with E-state index >= 15 is 0 Å². The number of hydrogen-bond donors (Lipinski definition) is 0. The van der Waals surface area contributed by atoms with Gasteiger partial charge in [0, 0.05) is 11.6 Å². The van der Waals surface area contributed by atoms with E-state index in [1.165, 1.54) is 7.11 Å². The van der Waals surface area contributed by atoms with Crippen LogP contribution in [0.25, 0.3) is 11.3 Å². The molecule has 3 nitrogen and oxygen atoms in total. The zero-order chi connectivity index (χ0) is 12.5. The van der Waals surface area contributed by atoms with Gasteiger partial charge in [-0.1, -0.05) is 5.16 Å². The maximum atomic E-state index is 12.3. The van der Waals surface area contributed by atoms with Crippen molar-refractivity contribution in [2.24, 2.45) is 0 Å². The summed E-state index contributed by atoms with van der Waals surface area (Å²) in [6, 6.07) is 7.35. The second kappa shape index (κ2) is 4.12. The Morgan fingerprint density at radius 2 is 1.82 bits per heavy atom. The molecule has 0 radical (unpaired) electrons. The van der Waals surface area contributed by atoms with E-state index in [0.717, 1.165) is 6.07 Å². The molecule has 0 aliphatic heterocycles. The van der Waals surface area contributed by atoms with Gasteiger partial charge in [0.25, 0.3) is 0 Å². The van der Waals surface area contributed by atoms with Crippen molar-refractivity contribution in [3.63, 3.8) is 0 Å². The number of aromatic nitrogens is 1. The molecule has 0 N–H and O–H groups in total. The molecule has 0 spiro atoms. The summed E-state index contributed by atoms with van der Waals surface area (Å²) in [5.74, 6) is -0.489. The molecule has 6 heteroatoms. The van der Waals surface area contributed by atoms with Crippen LogP contribution in [0, 0.1) is 0 Å². The van der Waals surface area contributed by atoms with Crippen LogP contribution >= 0.6 is 0 Å². The molecule has 0 bridgehead atoms. The fourth-order valence-corrected chi connectivity index (χ4v) is 1.31. The molecule has 0 aliphatic rings. The van der Waals surface area contributed by atoms with E-state index in [1.807, 2.05) is 0 Å². The zero-order valence-corrected chi connectivity index (χ0v) is 8.78. The molecule has 0 saturated heterocycles. The van der Waals surface area contributed by atoms with Crippen LogP contribution in [0.5, 0.6) is 5.75 Å². The highest BCUT2D eigenvalue weighted by molar-refractivity contribution is 5.59. The molecule has 0 aliphatic carbocycles. The maximum absolute atomic E-state index is 12.3. The fourth-order valence-electron chi connectivity index (χ4n) is 1.31. The monoisotopic (exact) mass is 243 g/mol. The van der Waals surface area contributed by atoms with Crippen LogP contribution in [-0.4, -0.2) is 12.3 Å². The van der Waals surface area contributed by atoms with Crippen molar-refractivity contribution in [1.29, 1.82) is 0 Å². The number of halogens is 3. The van der Waals surface area contributed by atoms with Crippen LogP contribution in [0.2, 0.25) is 0 Å². The van der Waals surface area contributed by atoms with Gasteiger partial charge in [0.1, 0.15) is 11.4 Å². The number of methoxy groups -OCH3 is 1. The molecule has 0 amide bonds. The molecule has 1 aromatic carbocycles. The third kappa shape index (κ3) is 2.41. The van der Waals surface area contributed by atoms with Gasteiger partial charge in [-0.05, 0) is 24.3 Å². The number of rotatable bonds is 2. The second-order valence-corrected chi connectivity index (χ2v) is 3.30. The highest BCUT2D eigenvalue weighted by Gasteiger charge is 2.36. The first kappa shape index (κ1) is 11.5. The lowest BCUT2D eigenvalue weighted by Crippen LogP contribution is -2.02.